The van der Waals surface area contributed by atoms with E-state index in [9.17, 15) is 14.0 Å². The number of benzene rings is 1. The first-order valence-electron chi connectivity index (χ1n) is 5.42. The fourth-order valence-electron chi connectivity index (χ4n) is 1.45. The summed E-state index contributed by atoms with van der Waals surface area (Å²) >= 11 is 0. The Morgan fingerprint density at radius 1 is 1.44 bits per heavy atom. The Morgan fingerprint density at radius 2 is 2.06 bits per heavy atom. The number of urea groups is 1. The Morgan fingerprint density at radius 3 is 2.61 bits per heavy atom. The Hall–Kier alpha value is -2.11. The molecular weight excluding hydrogens is 239 g/mol. The van der Waals surface area contributed by atoms with Crippen LogP contribution in [-0.4, -0.2) is 30.2 Å². The third-order valence-corrected chi connectivity index (χ3v) is 2.37. The molecule has 18 heavy (non-hydrogen) atoms. The van der Waals surface area contributed by atoms with Crippen LogP contribution in [0, 0.1) is 5.82 Å². The van der Waals surface area contributed by atoms with Gasteiger partial charge in [0.1, 0.15) is 5.82 Å². The van der Waals surface area contributed by atoms with Crippen molar-refractivity contribution < 1.29 is 19.1 Å². The number of para-hydroxylation sites is 1. The zero-order valence-corrected chi connectivity index (χ0v) is 10.2. The molecule has 1 aromatic rings. The summed E-state index contributed by atoms with van der Waals surface area (Å²) in [5.41, 5.74) is 0.137. The number of amides is 2. The number of aliphatic carboxylic acids is 1. The van der Waals surface area contributed by atoms with E-state index in [1.165, 1.54) is 25.2 Å². The Labute approximate surface area is 104 Å². The van der Waals surface area contributed by atoms with Crippen LogP contribution < -0.4 is 10.2 Å². The maximum absolute atomic E-state index is 13.4. The van der Waals surface area contributed by atoms with Crippen LogP contribution in [-0.2, 0) is 4.79 Å². The molecule has 2 amide bonds. The lowest BCUT2D eigenvalue weighted by atomic mass is 10.2. The molecule has 0 aliphatic heterocycles. The van der Waals surface area contributed by atoms with Gasteiger partial charge in [0.25, 0.3) is 0 Å². The van der Waals surface area contributed by atoms with Gasteiger partial charge in [-0.3, -0.25) is 9.69 Å². The molecule has 0 aromatic heterocycles. The molecular formula is C12H15FN2O3. The second-order valence-corrected chi connectivity index (χ2v) is 3.96. The molecule has 0 radical (unpaired) electrons. The number of rotatable bonds is 4. The van der Waals surface area contributed by atoms with Gasteiger partial charge in [-0.1, -0.05) is 12.1 Å². The minimum Gasteiger partial charge on any atom is -0.481 e. The number of carbonyl (C=O) groups excluding carboxylic acids is 1. The molecule has 1 unspecified atom stereocenters. The summed E-state index contributed by atoms with van der Waals surface area (Å²) in [6.07, 6.45) is -0.184. The van der Waals surface area contributed by atoms with Crippen molar-refractivity contribution in [1.29, 1.82) is 0 Å². The van der Waals surface area contributed by atoms with Gasteiger partial charge in [0, 0.05) is 13.1 Å². The predicted octanol–water partition coefficient (Wildman–Crippen LogP) is 1.83. The van der Waals surface area contributed by atoms with Crippen molar-refractivity contribution in [1.82, 2.24) is 5.32 Å². The van der Waals surface area contributed by atoms with E-state index in [0.29, 0.717) is 0 Å². The van der Waals surface area contributed by atoms with Crippen LogP contribution in [0.1, 0.15) is 13.3 Å². The van der Waals surface area contributed by atoms with Gasteiger partial charge in [0.05, 0.1) is 12.1 Å². The Bertz CT molecular complexity index is 451. The zero-order valence-electron chi connectivity index (χ0n) is 10.2. The number of hydrogen-bond donors (Lipinski definition) is 2. The van der Waals surface area contributed by atoms with Crippen molar-refractivity contribution in [3.63, 3.8) is 0 Å². The number of carbonyl (C=O) groups is 2. The third kappa shape index (κ3) is 3.73. The Kier molecular flexibility index (Phi) is 4.65. The summed E-state index contributed by atoms with van der Waals surface area (Å²) in [5.74, 6) is -1.52. The number of hydrogen-bond acceptors (Lipinski definition) is 2. The second-order valence-electron chi connectivity index (χ2n) is 3.96. The van der Waals surface area contributed by atoms with Crippen LogP contribution >= 0.6 is 0 Å². The van der Waals surface area contributed by atoms with E-state index in [1.807, 2.05) is 0 Å². The zero-order chi connectivity index (χ0) is 13.7. The summed E-state index contributed by atoms with van der Waals surface area (Å²) in [6, 6.07) is 4.79. The molecule has 0 aliphatic rings. The number of anilines is 1. The molecule has 6 heteroatoms. The highest BCUT2D eigenvalue weighted by atomic mass is 19.1. The highest BCUT2D eigenvalue weighted by molar-refractivity contribution is 5.91. The smallest absolute Gasteiger partial charge is 0.321 e. The van der Waals surface area contributed by atoms with E-state index < -0.39 is 23.9 Å². The van der Waals surface area contributed by atoms with Gasteiger partial charge >= 0.3 is 12.0 Å². The number of halogens is 1. The minimum absolute atomic E-state index is 0.137. The van der Waals surface area contributed by atoms with E-state index in [-0.39, 0.29) is 12.1 Å². The average Bonchev–Trinajstić information content (AvgIpc) is 2.27. The lowest BCUT2D eigenvalue weighted by Crippen LogP contribution is -2.43. The van der Waals surface area contributed by atoms with Crippen LogP contribution in [0.25, 0.3) is 0 Å². The van der Waals surface area contributed by atoms with Crippen LogP contribution in [0.4, 0.5) is 14.9 Å². The standard InChI is InChI=1S/C12H15FN2O3/c1-8(7-11(16)17)14-12(18)15(2)10-6-4-3-5-9(10)13/h3-6,8H,7H2,1-2H3,(H,14,18)(H,16,17). The molecule has 1 atom stereocenters. The molecule has 1 rings (SSSR count). The monoisotopic (exact) mass is 254 g/mol. The fraction of sp³-hybridized carbons (Fsp3) is 0.333. The van der Waals surface area contributed by atoms with E-state index in [0.717, 1.165) is 4.90 Å². The fourth-order valence-corrected chi connectivity index (χ4v) is 1.45. The molecule has 0 heterocycles. The van der Waals surface area contributed by atoms with Crippen LogP contribution in [0.2, 0.25) is 0 Å². The molecule has 1 aromatic carbocycles. The van der Waals surface area contributed by atoms with Crippen molar-refractivity contribution in [3.8, 4) is 0 Å². The van der Waals surface area contributed by atoms with E-state index in [2.05, 4.69) is 5.32 Å². The molecule has 0 saturated heterocycles. The molecule has 2 N–H and O–H groups in total. The first-order chi connectivity index (χ1) is 8.41. The predicted molar refractivity (Wildman–Crippen MR) is 65.0 cm³/mol. The van der Waals surface area contributed by atoms with E-state index >= 15 is 0 Å². The number of carboxylic acid groups (broad SMARTS) is 1. The van der Waals surface area contributed by atoms with Gasteiger partial charge in [-0.2, -0.15) is 0 Å². The lowest BCUT2D eigenvalue weighted by Gasteiger charge is -2.21. The summed E-state index contributed by atoms with van der Waals surface area (Å²) in [6.45, 7) is 1.57. The van der Waals surface area contributed by atoms with Crippen LogP contribution in [0.3, 0.4) is 0 Å². The van der Waals surface area contributed by atoms with Gasteiger partial charge in [0.2, 0.25) is 0 Å². The molecule has 0 bridgehead atoms. The number of nitrogens with zero attached hydrogens (tertiary/aromatic N) is 1. The maximum atomic E-state index is 13.4. The highest BCUT2D eigenvalue weighted by Gasteiger charge is 2.17. The lowest BCUT2D eigenvalue weighted by molar-refractivity contribution is -0.137. The van der Waals surface area contributed by atoms with Crippen molar-refractivity contribution in [2.45, 2.75) is 19.4 Å². The minimum atomic E-state index is -1.00. The summed E-state index contributed by atoms with van der Waals surface area (Å²) in [4.78, 5) is 23.3. The van der Waals surface area contributed by atoms with Crippen molar-refractivity contribution in [2.24, 2.45) is 0 Å². The topological polar surface area (TPSA) is 69.6 Å². The number of nitrogens with one attached hydrogen (secondary N) is 1. The Balaban J connectivity index is 2.67. The van der Waals surface area contributed by atoms with Crippen LogP contribution in [0.5, 0.6) is 0 Å². The molecule has 98 valence electrons. The highest BCUT2D eigenvalue weighted by Crippen LogP contribution is 2.17. The van der Waals surface area contributed by atoms with E-state index in [4.69, 9.17) is 5.11 Å². The van der Waals surface area contributed by atoms with Crippen molar-refractivity contribution in [3.05, 3.63) is 30.1 Å². The molecule has 0 aliphatic carbocycles. The van der Waals surface area contributed by atoms with Gasteiger partial charge in [-0.25, -0.2) is 9.18 Å². The van der Waals surface area contributed by atoms with E-state index in [1.54, 1.807) is 13.0 Å². The van der Waals surface area contributed by atoms with Crippen molar-refractivity contribution >= 4 is 17.7 Å². The van der Waals surface area contributed by atoms with Gasteiger partial charge in [-0.05, 0) is 19.1 Å². The summed E-state index contributed by atoms with van der Waals surface area (Å²) < 4.78 is 13.4. The SMILES string of the molecule is CC(CC(=O)O)NC(=O)N(C)c1ccccc1F. The number of carboxylic acids is 1. The summed E-state index contributed by atoms with van der Waals surface area (Å²) in [7, 11) is 1.42. The molecule has 0 spiro atoms. The van der Waals surface area contributed by atoms with Gasteiger partial charge in [0.15, 0.2) is 0 Å². The molecule has 0 fully saturated rings. The van der Waals surface area contributed by atoms with Crippen LogP contribution in [0.15, 0.2) is 24.3 Å². The molecule has 0 saturated carbocycles. The largest absolute Gasteiger partial charge is 0.481 e. The normalized spacial score (nSPS) is 11.7. The second kappa shape index (κ2) is 6.00. The first kappa shape index (κ1) is 14.0. The first-order valence-corrected chi connectivity index (χ1v) is 5.42. The summed E-state index contributed by atoms with van der Waals surface area (Å²) in [5, 5.41) is 11.0. The van der Waals surface area contributed by atoms with Gasteiger partial charge in [-0.15, -0.1) is 0 Å². The molecule has 5 nitrogen and oxygen atoms in total. The third-order valence-electron chi connectivity index (χ3n) is 2.37. The van der Waals surface area contributed by atoms with Crippen molar-refractivity contribution in [2.75, 3.05) is 11.9 Å². The quantitative estimate of drug-likeness (QED) is 0.861. The maximum Gasteiger partial charge on any atom is 0.321 e. The van der Waals surface area contributed by atoms with Gasteiger partial charge < -0.3 is 10.4 Å². The average molecular weight is 254 g/mol.